The first-order chi connectivity index (χ1) is 9.86. The van der Waals surface area contributed by atoms with Gasteiger partial charge < -0.3 is 10.1 Å². The van der Waals surface area contributed by atoms with Gasteiger partial charge in [0.05, 0.1) is 7.11 Å². The van der Waals surface area contributed by atoms with Crippen LogP contribution < -0.4 is 10.1 Å². The van der Waals surface area contributed by atoms with Gasteiger partial charge >= 0.3 is 0 Å². The first-order valence-corrected chi connectivity index (χ1v) is 7.93. The fourth-order valence-electron chi connectivity index (χ4n) is 2.54. The third-order valence-corrected chi connectivity index (χ3v) is 4.79. The van der Waals surface area contributed by atoms with Crippen LogP contribution in [0.3, 0.4) is 0 Å². The summed E-state index contributed by atoms with van der Waals surface area (Å²) in [6.07, 6.45) is 1.19. The molecule has 1 heterocycles. The van der Waals surface area contributed by atoms with Crippen molar-refractivity contribution in [2.75, 3.05) is 12.9 Å². The van der Waals surface area contributed by atoms with Crippen LogP contribution in [-0.2, 0) is 6.54 Å². The molecule has 1 aliphatic rings. The fraction of sp³-hybridized carbons (Fsp3) is 0.294. The Morgan fingerprint density at radius 1 is 1.15 bits per heavy atom. The van der Waals surface area contributed by atoms with Crippen molar-refractivity contribution in [2.45, 2.75) is 23.9 Å². The van der Waals surface area contributed by atoms with Crippen LogP contribution in [0.2, 0.25) is 0 Å². The standard InChI is InChI=1S/C17H19NOS/c1-19-14-8-6-13(7-9-14)12-18-16-10-11-20-17-5-3-2-4-15(16)17/h2-9,16,18H,10-12H2,1H3. The van der Waals surface area contributed by atoms with Crippen LogP contribution >= 0.6 is 11.8 Å². The van der Waals surface area contributed by atoms with Crippen LogP contribution in [0, 0.1) is 0 Å². The van der Waals surface area contributed by atoms with Gasteiger partial charge in [-0.25, -0.2) is 0 Å². The molecule has 1 unspecified atom stereocenters. The van der Waals surface area contributed by atoms with Gasteiger partial charge in [0, 0.05) is 17.5 Å². The zero-order chi connectivity index (χ0) is 13.8. The number of methoxy groups -OCH3 is 1. The van der Waals surface area contributed by atoms with E-state index >= 15 is 0 Å². The van der Waals surface area contributed by atoms with Crippen molar-refractivity contribution in [3.05, 3.63) is 59.7 Å². The van der Waals surface area contributed by atoms with E-state index in [-0.39, 0.29) is 0 Å². The van der Waals surface area contributed by atoms with E-state index in [2.05, 4.69) is 41.7 Å². The topological polar surface area (TPSA) is 21.3 Å². The van der Waals surface area contributed by atoms with E-state index in [1.165, 1.54) is 28.2 Å². The van der Waals surface area contributed by atoms with Gasteiger partial charge in [-0.2, -0.15) is 0 Å². The van der Waals surface area contributed by atoms with E-state index in [0.29, 0.717) is 6.04 Å². The summed E-state index contributed by atoms with van der Waals surface area (Å²) in [6.45, 7) is 0.896. The highest BCUT2D eigenvalue weighted by molar-refractivity contribution is 7.99. The SMILES string of the molecule is COc1ccc(CNC2CCSc3ccccc32)cc1. The summed E-state index contributed by atoms with van der Waals surface area (Å²) in [7, 11) is 1.70. The maximum atomic E-state index is 5.19. The van der Waals surface area contributed by atoms with Crippen molar-refractivity contribution < 1.29 is 4.74 Å². The summed E-state index contributed by atoms with van der Waals surface area (Å²) in [6, 6.07) is 17.5. The highest BCUT2D eigenvalue weighted by Gasteiger charge is 2.19. The molecule has 20 heavy (non-hydrogen) atoms. The molecule has 0 aliphatic carbocycles. The Bertz CT molecular complexity index is 567. The number of hydrogen-bond acceptors (Lipinski definition) is 3. The molecule has 1 atom stereocenters. The predicted octanol–water partition coefficient (Wildman–Crippen LogP) is 4.02. The van der Waals surface area contributed by atoms with Crippen LogP contribution in [0.1, 0.15) is 23.6 Å². The quantitative estimate of drug-likeness (QED) is 0.916. The molecule has 3 heteroatoms. The lowest BCUT2D eigenvalue weighted by atomic mass is 10.0. The second-order valence-corrected chi connectivity index (χ2v) is 6.09. The minimum absolute atomic E-state index is 0.467. The van der Waals surface area contributed by atoms with Gasteiger partial charge in [-0.15, -0.1) is 11.8 Å². The predicted molar refractivity (Wildman–Crippen MR) is 84.4 cm³/mol. The van der Waals surface area contributed by atoms with Crippen LogP contribution in [0.5, 0.6) is 5.75 Å². The highest BCUT2D eigenvalue weighted by Crippen LogP contribution is 2.35. The van der Waals surface area contributed by atoms with E-state index in [1.807, 2.05) is 23.9 Å². The maximum Gasteiger partial charge on any atom is 0.118 e. The molecule has 0 saturated heterocycles. The number of ether oxygens (including phenoxy) is 1. The average molecular weight is 285 g/mol. The van der Waals surface area contributed by atoms with E-state index in [0.717, 1.165) is 12.3 Å². The van der Waals surface area contributed by atoms with Gasteiger partial charge in [-0.05, 0) is 41.5 Å². The summed E-state index contributed by atoms with van der Waals surface area (Å²) in [5.74, 6) is 2.10. The molecule has 0 fully saturated rings. The van der Waals surface area contributed by atoms with Gasteiger partial charge in [0.2, 0.25) is 0 Å². The summed E-state index contributed by atoms with van der Waals surface area (Å²) in [4.78, 5) is 1.42. The molecule has 0 aromatic heterocycles. The average Bonchev–Trinajstić information content (AvgIpc) is 2.53. The Morgan fingerprint density at radius 2 is 1.95 bits per heavy atom. The van der Waals surface area contributed by atoms with Crippen molar-refractivity contribution in [1.82, 2.24) is 5.32 Å². The maximum absolute atomic E-state index is 5.19. The lowest BCUT2D eigenvalue weighted by Gasteiger charge is -2.26. The van der Waals surface area contributed by atoms with Crippen molar-refractivity contribution in [2.24, 2.45) is 0 Å². The Hall–Kier alpha value is -1.45. The molecule has 0 saturated carbocycles. The summed E-state index contributed by atoms with van der Waals surface area (Å²) < 4.78 is 5.19. The summed E-state index contributed by atoms with van der Waals surface area (Å²) in [5.41, 5.74) is 2.73. The smallest absolute Gasteiger partial charge is 0.118 e. The lowest BCUT2D eigenvalue weighted by Crippen LogP contribution is -2.24. The molecular weight excluding hydrogens is 266 g/mol. The van der Waals surface area contributed by atoms with Crippen LogP contribution in [-0.4, -0.2) is 12.9 Å². The van der Waals surface area contributed by atoms with Gasteiger partial charge in [0.25, 0.3) is 0 Å². The van der Waals surface area contributed by atoms with E-state index in [9.17, 15) is 0 Å². The second-order valence-electron chi connectivity index (χ2n) is 4.96. The molecule has 1 aliphatic heterocycles. The van der Waals surface area contributed by atoms with E-state index < -0.39 is 0 Å². The first kappa shape index (κ1) is 13.5. The first-order valence-electron chi connectivity index (χ1n) is 6.95. The minimum atomic E-state index is 0.467. The van der Waals surface area contributed by atoms with Gasteiger partial charge in [0.15, 0.2) is 0 Å². The second kappa shape index (κ2) is 6.33. The summed E-state index contributed by atoms with van der Waals surface area (Å²) in [5, 5.41) is 3.68. The monoisotopic (exact) mass is 285 g/mol. The third-order valence-electron chi connectivity index (χ3n) is 3.67. The highest BCUT2D eigenvalue weighted by atomic mass is 32.2. The molecule has 104 valence electrons. The van der Waals surface area contributed by atoms with Crippen molar-refractivity contribution in [3.63, 3.8) is 0 Å². The molecule has 1 N–H and O–H groups in total. The molecular formula is C17H19NOS. The van der Waals surface area contributed by atoms with Crippen LogP contribution in [0.25, 0.3) is 0 Å². The summed E-state index contributed by atoms with van der Waals surface area (Å²) >= 11 is 1.96. The molecule has 0 spiro atoms. The molecule has 2 nitrogen and oxygen atoms in total. The largest absolute Gasteiger partial charge is 0.497 e. The number of nitrogens with one attached hydrogen (secondary N) is 1. The van der Waals surface area contributed by atoms with Crippen molar-refractivity contribution >= 4 is 11.8 Å². The van der Waals surface area contributed by atoms with Gasteiger partial charge in [-0.1, -0.05) is 30.3 Å². The van der Waals surface area contributed by atoms with E-state index in [1.54, 1.807) is 7.11 Å². The molecule has 0 radical (unpaired) electrons. The Kier molecular flexibility index (Phi) is 4.28. The fourth-order valence-corrected chi connectivity index (χ4v) is 3.66. The van der Waals surface area contributed by atoms with Crippen molar-refractivity contribution in [1.29, 1.82) is 0 Å². The van der Waals surface area contributed by atoms with Crippen LogP contribution in [0.4, 0.5) is 0 Å². The Labute approximate surface area is 124 Å². The molecule has 0 amide bonds. The Morgan fingerprint density at radius 3 is 2.75 bits per heavy atom. The number of benzene rings is 2. The lowest BCUT2D eigenvalue weighted by molar-refractivity contribution is 0.414. The molecule has 2 aromatic rings. The van der Waals surface area contributed by atoms with Gasteiger partial charge in [-0.3, -0.25) is 0 Å². The number of fused-ring (bicyclic) bond motifs is 1. The zero-order valence-corrected chi connectivity index (χ0v) is 12.5. The normalized spacial score (nSPS) is 17.6. The number of hydrogen-bond donors (Lipinski definition) is 1. The minimum Gasteiger partial charge on any atom is -0.497 e. The van der Waals surface area contributed by atoms with Gasteiger partial charge in [0.1, 0.15) is 5.75 Å². The van der Waals surface area contributed by atoms with Crippen molar-refractivity contribution in [3.8, 4) is 5.75 Å². The molecule has 2 aromatic carbocycles. The number of rotatable bonds is 4. The van der Waals surface area contributed by atoms with E-state index in [4.69, 9.17) is 4.74 Å². The number of thioether (sulfide) groups is 1. The molecule has 3 rings (SSSR count). The van der Waals surface area contributed by atoms with Crippen LogP contribution in [0.15, 0.2) is 53.4 Å². The zero-order valence-electron chi connectivity index (χ0n) is 11.6. The third kappa shape index (κ3) is 3.00. The Balaban J connectivity index is 1.66. The molecule has 0 bridgehead atoms.